The van der Waals surface area contributed by atoms with Crippen molar-refractivity contribution >= 4 is 28.9 Å². The number of nitrogen functional groups attached to an aromatic ring is 1. The second kappa shape index (κ2) is 4.81. The van der Waals surface area contributed by atoms with Crippen LogP contribution in [0.5, 0.6) is 0 Å². The van der Waals surface area contributed by atoms with Gasteiger partial charge in [0, 0.05) is 11.6 Å². The van der Waals surface area contributed by atoms with E-state index in [4.69, 9.17) is 17.3 Å². The molecule has 1 aliphatic rings. The standard InChI is InChI=1S/C14H19ClN2O/c1-14(2)7-3-4-10(14)13(18)17-12-8-9(16)5-6-11(12)15/h5-6,8,10H,3-4,7,16H2,1-2H3,(H,17,18). The molecule has 0 aliphatic heterocycles. The number of halogens is 1. The topological polar surface area (TPSA) is 55.1 Å². The third kappa shape index (κ3) is 2.61. The van der Waals surface area contributed by atoms with E-state index in [1.54, 1.807) is 18.2 Å². The molecule has 18 heavy (non-hydrogen) atoms. The third-order valence-electron chi connectivity index (χ3n) is 3.82. The van der Waals surface area contributed by atoms with Gasteiger partial charge in [-0.1, -0.05) is 31.9 Å². The smallest absolute Gasteiger partial charge is 0.228 e. The van der Waals surface area contributed by atoms with Crippen LogP contribution in [-0.2, 0) is 4.79 Å². The van der Waals surface area contributed by atoms with Gasteiger partial charge in [-0.25, -0.2) is 0 Å². The Balaban J connectivity index is 2.14. The number of nitrogens with one attached hydrogen (secondary N) is 1. The van der Waals surface area contributed by atoms with E-state index >= 15 is 0 Å². The van der Waals surface area contributed by atoms with Crippen molar-refractivity contribution in [1.29, 1.82) is 0 Å². The highest BCUT2D eigenvalue weighted by Gasteiger charge is 2.39. The molecule has 1 aromatic carbocycles. The van der Waals surface area contributed by atoms with E-state index in [2.05, 4.69) is 19.2 Å². The van der Waals surface area contributed by atoms with E-state index < -0.39 is 0 Å². The molecule has 1 atom stereocenters. The van der Waals surface area contributed by atoms with E-state index in [0.29, 0.717) is 16.4 Å². The van der Waals surface area contributed by atoms with Crippen LogP contribution in [0.4, 0.5) is 11.4 Å². The van der Waals surface area contributed by atoms with Gasteiger partial charge in [0.1, 0.15) is 0 Å². The van der Waals surface area contributed by atoms with Crippen molar-refractivity contribution in [2.24, 2.45) is 11.3 Å². The predicted octanol–water partition coefficient (Wildman–Crippen LogP) is 3.69. The Bertz CT molecular complexity index is 471. The fraction of sp³-hybridized carbons (Fsp3) is 0.500. The maximum absolute atomic E-state index is 12.3. The van der Waals surface area contributed by atoms with Crippen LogP contribution < -0.4 is 11.1 Å². The van der Waals surface area contributed by atoms with Gasteiger partial charge >= 0.3 is 0 Å². The van der Waals surface area contributed by atoms with Crippen molar-refractivity contribution in [2.45, 2.75) is 33.1 Å². The molecule has 1 saturated carbocycles. The summed E-state index contributed by atoms with van der Waals surface area (Å²) < 4.78 is 0. The van der Waals surface area contributed by atoms with Gasteiger partial charge in [0.2, 0.25) is 5.91 Å². The lowest BCUT2D eigenvalue weighted by Gasteiger charge is -2.26. The highest BCUT2D eigenvalue weighted by atomic mass is 35.5. The average molecular weight is 267 g/mol. The molecule has 4 heteroatoms. The summed E-state index contributed by atoms with van der Waals surface area (Å²) in [5.41, 5.74) is 6.97. The molecule has 0 aromatic heterocycles. The van der Waals surface area contributed by atoms with Gasteiger partial charge in [0.15, 0.2) is 0 Å². The first kappa shape index (κ1) is 13.2. The number of carbonyl (C=O) groups excluding carboxylic acids is 1. The van der Waals surface area contributed by atoms with Gasteiger partial charge in [0.05, 0.1) is 10.7 Å². The van der Waals surface area contributed by atoms with Gasteiger partial charge in [-0.2, -0.15) is 0 Å². The van der Waals surface area contributed by atoms with Crippen LogP contribution in [0.15, 0.2) is 18.2 Å². The van der Waals surface area contributed by atoms with E-state index in [1.807, 2.05) is 0 Å². The molecule has 1 unspecified atom stereocenters. The lowest BCUT2D eigenvalue weighted by Crippen LogP contribution is -2.30. The molecular formula is C14H19ClN2O. The molecule has 0 heterocycles. The van der Waals surface area contributed by atoms with Gasteiger partial charge in [0.25, 0.3) is 0 Å². The number of nitrogens with two attached hydrogens (primary N) is 1. The molecule has 1 aromatic rings. The summed E-state index contributed by atoms with van der Waals surface area (Å²) in [4.78, 5) is 12.3. The average Bonchev–Trinajstić information content (AvgIpc) is 2.63. The van der Waals surface area contributed by atoms with Crippen LogP contribution in [0.2, 0.25) is 5.02 Å². The lowest BCUT2D eigenvalue weighted by atomic mass is 9.81. The quantitative estimate of drug-likeness (QED) is 0.802. The molecule has 0 saturated heterocycles. The van der Waals surface area contributed by atoms with Crippen LogP contribution in [0.25, 0.3) is 0 Å². The van der Waals surface area contributed by atoms with E-state index in [0.717, 1.165) is 19.3 Å². The maximum atomic E-state index is 12.3. The van der Waals surface area contributed by atoms with Gasteiger partial charge in [-0.3, -0.25) is 4.79 Å². The highest BCUT2D eigenvalue weighted by Crippen LogP contribution is 2.43. The van der Waals surface area contributed by atoms with Crippen LogP contribution in [0, 0.1) is 11.3 Å². The Morgan fingerprint density at radius 2 is 2.22 bits per heavy atom. The lowest BCUT2D eigenvalue weighted by molar-refractivity contribution is -0.122. The highest BCUT2D eigenvalue weighted by molar-refractivity contribution is 6.33. The molecular weight excluding hydrogens is 248 g/mol. The van der Waals surface area contributed by atoms with Crippen molar-refractivity contribution in [1.82, 2.24) is 0 Å². The number of rotatable bonds is 2. The first-order valence-electron chi connectivity index (χ1n) is 6.26. The van der Waals surface area contributed by atoms with E-state index in [9.17, 15) is 4.79 Å². The molecule has 1 amide bonds. The molecule has 2 rings (SSSR count). The largest absolute Gasteiger partial charge is 0.399 e. The summed E-state index contributed by atoms with van der Waals surface area (Å²) >= 11 is 6.05. The Labute approximate surface area is 113 Å². The zero-order valence-corrected chi connectivity index (χ0v) is 11.6. The summed E-state index contributed by atoms with van der Waals surface area (Å²) in [6, 6.07) is 5.12. The minimum absolute atomic E-state index is 0.0463. The Kier molecular flexibility index (Phi) is 3.53. The van der Waals surface area contributed by atoms with Crippen molar-refractivity contribution < 1.29 is 4.79 Å². The van der Waals surface area contributed by atoms with Crippen molar-refractivity contribution in [3.63, 3.8) is 0 Å². The summed E-state index contributed by atoms with van der Waals surface area (Å²) in [7, 11) is 0. The van der Waals surface area contributed by atoms with Crippen LogP contribution >= 0.6 is 11.6 Å². The second-order valence-corrected chi connectivity index (χ2v) is 6.07. The number of benzene rings is 1. The summed E-state index contributed by atoms with van der Waals surface area (Å²) in [5, 5.41) is 3.42. The van der Waals surface area contributed by atoms with Crippen LogP contribution in [0.1, 0.15) is 33.1 Å². The number of hydrogen-bond acceptors (Lipinski definition) is 2. The van der Waals surface area contributed by atoms with Crippen molar-refractivity contribution in [2.75, 3.05) is 11.1 Å². The van der Waals surface area contributed by atoms with Gasteiger partial charge in [-0.05, 0) is 36.5 Å². The predicted molar refractivity (Wildman–Crippen MR) is 75.6 cm³/mol. The molecule has 98 valence electrons. The molecule has 1 fully saturated rings. The Hall–Kier alpha value is -1.22. The van der Waals surface area contributed by atoms with Crippen LogP contribution in [-0.4, -0.2) is 5.91 Å². The normalized spacial score (nSPS) is 21.8. The molecule has 3 nitrogen and oxygen atoms in total. The SMILES string of the molecule is CC1(C)CCCC1C(=O)Nc1cc(N)ccc1Cl. The van der Waals surface area contributed by atoms with E-state index in [1.165, 1.54) is 0 Å². The monoisotopic (exact) mass is 266 g/mol. The van der Waals surface area contributed by atoms with Crippen LogP contribution in [0.3, 0.4) is 0 Å². The number of anilines is 2. The Morgan fingerprint density at radius 1 is 1.50 bits per heavy atom. The van der Waals surface area contributed by atoms with Crippen molar-refractivity contribution in [3.05, 3.63) is 23.2 Å². The summed E-state index contributed by atoms with van der Waals surface area (Å²) in [6.45, 7) is 4.29. The third-order valence-corrected chi connectivity index (χ3v) is 4.15. The molecule has 0 radical (unpaired) electrons. The summed E-state index contributed by atoms with van der Waals surface area (Å²) in [5.74, 6) is 0.0972. The Morgan fingerprint density at radius 3 is 2.83 bits per heavy atom. The minimum Gasteiger partial charge on any atom is -0.399 e. The van der Waals surface area contributed by atoms with E-state index in [-0.39, 0.29) is 17.2 Å². The minimum atomic E-state index is 0.0463. The first-order valence-corrected chi connectivity index (χ1v) is 6.64. The molecule has 3 N–H and O–H groups in total. The summed E-state index contributed by atoms with van der Waals surface area (Å²) in [6.07, 6.45) is 3.14. The number of carbonyl (C=O) groups is 1. The maximum Gasteiger partial charge on any atom is 0.228 e. The van der Waals surface area contributed by atoms with Gasteiger partial charge < -0.3 is 11.1 Å². The number of amides is 1. The zero-order chi connectivity index (χ0) is 13.3. The molecule has 1 aliphatic carbocycles. The fourth-order valence-electron chi connectivity index (χ4n) is 2.67. The van der Waals surface area contributed by atoms with Crippen molar-refractivity contribution in [3.8, 4) is 0 Å². The second-order valence-electron chi connectivity index (χ2n) is 5.66. The number of hydrogen-bond donors (Lipinski definition) is 2. The fourth-order valence-corrected chi connectivity index (χ4v) is 2.84. The first-order chi connectivity index (χ1) is 8.40. The molecule has 0 spiro atoms. The van der Waals surface area contributed by atoms with Gasteiger partial charge in [-0.15, -0.1) is 0 Å². The molecule has 0 bridgehead atoms. The zero-order valence-electron chi connectivity index (χ0n) is 10.8.